The van der Waals surface area contributed by atoms with E-state index in [1.807, 2.05) is 30.3 Å². The normalized spacial score (nSPS) is 13.5. The number of rotatable bonds is 10. The number of ether oxygens (including phenoxy) is 3. The van der Waals surface area contributed by atoms with Gasteiger partial charge in [-0.1, -0.05) is 45.0 Å². The molecule has 0 bridgehead atoms. The molecule has 1 atom stereocenters. The summed E-state index contributed by atoms with van der Waals surface area (Å²) in [5.74, 6) is 0.236. The summed E-state index contributed by atoms with van der Waals surface area (Å²) in [6, 6.07) is 22.4. The molecule has 13 heteroatoms. The molecule has 4 aromatic carbocycles. The first kappa shape index (κ1) is 40.6. The van der Waals surface area contributed by atoms with Crippen molar-refractivity contribution in [1.82, 2.24) is 4.98 Å². The Kier molecular flexibility index (Phi) is 11.5. The van der Waals surface area contributed by atoms with Gasteiger partial charge in [0.2, 0.25) is 0 Å². The van der Waals surface area contributed by atoms with Gasteiger partial charge in [0.1, 0.15) is 34.7 Å². The fourth-order valence-corrected chi connectivity index (χ4v) is 6.28. The number of alkyl halides is 6. The fourth-order valence-electron chi connectivity index (χ4n) is 6.28. The number of hydrogen-bond donors (Lipinski definition) is 0. The van der Waals surface area contributed by atoms with Crippen molar-refractivity contribution in [1.29, 1.82) is 0 Å². The van der Waals surface area contributed by atoms with E-state index >= 15 is 0 Å². The zero-order chi connectivity index (χ0) is 41.1. The first-order chi connectivity index (χ1) is 26.9. The topological polar surface area (TPSA) is 78.0 Å². The minimum Gasteiger partial charge on any atom is -0.467 e. The Labute approximate surface area is 325 Å². The van der Waals surface area contributed by atoms with Gasteiger partial charge in [-0.05, 0) is 119 Å². The number of fused-ring (bicyclic) bond motifs is 1. The van der Waals surface area contributed by atoms with Crippen LogP contribution in [0, 0.1) is 0 Å². The van der Waals surface area contributed by atoms with Gasteiger partial charge >= 0.3 is 18.3 Å². The van der Waals surface area contributed by atoms with E-state index in [-0.39, 0.29) is 34.7 Å². The Morgan fingerprint density at radius 1 is 0.702 bits per heavy atom. The first-order valence-electron chi connectivity index (χ1n) is 17.9. The first-order valence-corrected chi connectivity index (χ1v) is 17.9. The number of esters is 1. The van der Waals surface area contributed by atoms with Gasteiger partial charge in [-0.25, -0.2) is 4.79 Å². The quantitative estimate of drug-likeness (QED) is 0.104. The number of amides is 1. The van der Waals surface area contributed by atoms with Crippen molar-refractivity contribution in [3.63, 3.8) is 0 Å². The molecule has 57 heavy (non-hydrogen) atoms. The molecule has 0 saturated heterocycles. The Hall–Kier alpha value is -6.11. The standard InChI is InChI=1S/C44H38F6N2O5/c1-42(2,3)30-10-19-36(20-11-30)57-37-18-7-28-25-38(51-26-29(28)24-37)40(53)52(33-14-8-31(9-15-33)43(45,46)47)39(41(54)55-4)23-27-5-16-34(17-6-27)56-35-21-12-32(13-22-35)44(48,49)50/h5-6,8-17,19-22,24-26,39H,7,18,23H2,1-4H3/t39-/m0/s1. The number of aryl methyl sites for hydroxylation is 1. The Morgan fingerprint density at radius 2 is 1.21 bits per heavy atom. The van der Waals surface area contributed by atoms with Gasteiger partial charge in [0, 0.05) is 24.7 Å². The van der Waals surface area contributed by atoms with E-state index in [9.17, 15) is 35.9 Å². The SMILES string of the molecule is COC(=O)[C@H](Cc1ccc(Oc2ccc(C(F)(F)F)cc2)cc1)N(C(=O)c1cc2c(cn1)C=C(Oc1ccc(C(C)(C)C)cc1)CC2)c1ccc(C(F)(F)F)cc1. The van der Waals surface area contributed by atoms with Crippen LogP contribution in [0.4, 0.5) is 32.0 Å². The van der Waals surface area contributed by atoms with E-state index in [0.29, 0.717) is 29.9 Å². The molecule has 6 rings (SSSR count). The molecule has 0 aliphatic heterocycles. The van der Waals surface area contributed by atoms with Crippen LogP contribution in [-0.4, -0.2) is 30.0 Å². The number of methoxy groups -OCH3 is 1. The molecule has 0 spiro atoms. The van der Waals surface area contributed by atoms with Crippen LogP contribution in [0.15, 0.2) is 115 Å². The highest BCUT2D eigenvalue weighted by molar-refractivity contribution is 6.08. The summed E-state index contributed by atoms with van der Waals surface area (Å²) in [5.41, 5.74) is 1.37. The lowest BCUT2D eigenvalue weighted by Gasteiger charge is -2.30. The Morgan fingerprint density at radius 3 is 1.74 bits per heavy atom. The lowest BCUT2D eigenvalue weighted by molar-refractivity contribution is -0.142. The van der Waals surface area contributed by atoms with Gasteiger partial charge in [0.25, 0.3) is 5.91 Å². The number of nitrogens with zero attached hydrogens (tertiary/aromatic N) is 2. The average Bonchev–Trinajstić information content (AvgIpc) is 3.17. The van der Waals surface area contributed by atoms with Crippen molar-refractivity contribution in [2.45, 2.75) is 63.8 Å². The molecule has 0 N–H and O–H groups in total. The van der Waals surface area contributed by atoms with E-state index < -0.39 is 41.4 Å². The number of pyridine rings is 1. The number of halogens is 6. The van der Waals surface area contributed by atoms with Crippen LogP contribution >= 0.6 is 0 Å². The molecule has 0 radical (unpaired) electrons. The number of aromatic nitrogens is 1. The predicted octanol–water partition coefficient (Wildman–Crippen LogP) is 11.0. The van der Waals surface area contributed by atoms with Crippen molar-refractivity contribution in [3.05, 3.63) is 154 Å². The second-order valence-corrected chi connectivity index (χ2v) is 14.5. The van der Waals surface area contributed by atoms with Crippen LogP contribution in [0.5, 0.6) is 17.2 Å². The van der Waals surface area contributed by atoms with Gasteiger partial charge < -0.3 is 14.2 Å². The zero-order valence-corrected chi connectivity index (χ0v) is 31.4. The smallest absolute Gasteiger partial charge is 0.416 e. The highest BCUT2D eigenvalue weighted by Gasteiger charge is 2.36. The number of carbonyl (C=O) groups excluding carboxylic acids is 2. The summed E-state index contributed by atoms with van der Waals surface area (Å²) in [7, 11) is 1.13. The molecular formula is C44H38F6N2O5. The number of allylic oxidation sites excluding steroid dienone is 1. The molecular weight excluding hydrogens is 750 g/mol. The van der Waals surface area contributed by atoms with E-state index in [0.717, 1.165) is 59.5 Å². The molecule has 0 unspecified atom stereocenters. The van der Waals surface area contributed by atoms with Crippen molar-refractivity contribution in [2.24, 2.45) is 0 Å². The van der Waals surface area contributed by atoms with Gasteiger partial charge in [0.05, 0.1) is 18.2 Å². The number of benzene rings is 4. The number of anilines is 1. The second kappa shape index (κ2) is 16.2. The van der Waals surface area contributed by atoms with Crippen LogP contribution < -0.4 is 14.4 Å². The molecule has 1 aromatic heterocycles. The maximum Gasteiger partial charge on any atom is 0.416 e. The van der Waals surface area contributed by atoms with Crippen LogP contribution in [0.2, 0.25) is 0 Å². The van der Waals surface area contributed by atoms with Crippen molar-refractivity contribution < 1.29 is 50.1 Å². The Balaban J connectivity index is 1.27. The summed E-state index contributed by atoms with van der Waals surface area (Å²) in [4.78, 5) is 33.3. The second-order valence-electron chi connectivity index (χ2n) is 14.5. The van der Waals surface area contributed by atoms with Gasteiger partial charge in [-0.2, -0.15) is 26.3 Å². The Bertz CT molecular complexity index is 2240. The highest BCUT2D eigenvalue weighted by Crippen LogP contribution is 2.35. The maximum absolute atomic E-state index is 14.4. The van der Waals surface area contributed by atoms with Crippen LogP contribution in [0.25, 0.3) is 6.08 Å². The predicted molar refractivity (Wildman–Crippen MR) is 202 cm³/mol. The van der Waals surface area contributed by atoms with E-state index in [4.69, 9.17) is 14.2 Å². The van der Waals surface area contributed by atoms with Crippen LogP contribution in [0.3, 0.4) is 0 Å². The zero-order valence-electron chi connectivity index (χ0n) is 31.4. The summed E-state index contributed by atoms with van der Waals surface area (Å²) in [6.07, 6.45) is -4.90. The molecule has 7 nitrogen and oxygen atoms in total. The van der Waals surface area contributed by atoms with Crippen LogP contribution in [0.1, 0.15) is 71.1 Å². The molecule has 0 saturated carbocycles. The third kappa shape index (κ3) is 9.83. The lowest BCUT2D eigenvalue weighted by Crippen LogP contribution is -2.47. The molecule has 1 amide bonds. The van der Waals surface area contributed by atoms with Crippen molar-refractivity contribution in [2.75, 3.05) is 12.0 Å². The molecule has 5 aromatic rings. The molecule has 1 heterocycles. The molecule has 296 valence electrons. The van der Waals surface area contributed by atoms with Gasteiger partial charge in [0.15, 0.2) is 0 Å². The minimum absolute atomic E-state index is 0.00163. The third-order valence-electron chi connectivity index (χ3n) is 9.42. The highest BCUT2D eigenvalue weighted by atomic mass is 19.4. The third-order valence-corrected chi connectivity index (χ3v) is 9.42. The number of carbonyl (C=O) groups is 2. The average molecular weight is 789 g/mol. The summed E-state index contributed by atoms with van der Waals surface area (Å²) >= 11 is 0. The van der Waals surface area contributed by atoms with E-state index in [1.54, 1.807) is 18.2 Å². The molecule has 1 aliphatic rings. The lowest BCUT2D eigenvalue weighted by atomic mass is 9.87. The molecule has 0 fully saturated rings. The van der Waals surface area contributed by atoms with Gasteiger partial charge in [-0.15, -0.1) is 0 Å². The number of hydrogen-bond acceptors (Lipinski definition) is 6. The minimum atomic E-state index is -4.65. The van der Waals surface area contributed by atoms with Crippen molar-refractivity contribution >= 4 is 23.6 Å². The van der Waals surface area contributed by atoms with E-state index in [1.165, 1.54) is 36.0 Å². The maximum atomic E-state index is 14.4. The van der Waals surface area contributed by atoms with Gasteiger partial charge in [-0.3, -0.25) is 14.7 Å². The summed E-state index contributed by atoms with van der Waals surface area (Å²) in [6.45, 7) is 6.38. The summed E-state index contributed by atoms with van der Waals surface area (Å²) in [5, 5.41) is 0. The largest absolute Gasteiger partial charge is 0.467 e. The van der Waals surface area contributed by atoms with Crippen LogP contribution in [-0.2, 0) is 40.1 Å². The van der Waals surface area contributed by atoms with Crippen molar-refractivity contribution in [3.8, 4) is 17.2 Å². The monoisotopic (exact) mass is 788 g/mol. The summed E-state index contributed by atoms with van der Waals surface area (Å²) < 4.78 is 96.5. The molecule has 1 aliphatic carbocycles. The fraction of sp³-hybridized carbons (Fsp3) is 0.250. The van der Waals surface area contributed by atoms with E-state index in [2.05, 4.69) is 25.8 Å².